The molecule has 0 aliphatic rings. The van der Waals surface area contributed by atoms with Gasteiger partial charge in [-0.1, -0.05) is 36.4 Å². The van der Waals surface area contributed by atoms with Gasteiger partial charge in [-0.25, -0.2) is 4.98 Å². The summed E-state index contributed by atoms with van der Waals surface area (Å²) in [5.74, 6) is 0.858. The standard InChI is InChI=1S/C24H25N3O/c1-17(19-7-5-4-6-8-19)25-15-18-9-10-23(28-3)22(13-18)21-14-20-11-12-27(2)24(20)26-16-21/h4-14,16-17,25H,15H2,1-3H3. The number of nitrogens with zero attached hydrogens (tertiary/aromatic N) is 2. The van der Waals surface area contributed by atoms with Crippen LogP contribution in [0.4, 0.5) is 0 Å². The molecule has 4 nitrogen and oxygen atoms in total. The summed E-state index contributed by atoms with van der Waals surface area (Å²) in [4.78, 5) is 4.63. The Bertz CT molecular complexity index is 1090. The molecule has 0 amide bonds. The van der Waals surface area contributed by atoms with E-state index in [1.54, 1.807) is 7.11 Å². The minimum atomic E-state index is 0.286. The van der Waals surface area contributed by atoms with Crippen molar-refractivity contribution >= 4 is 11.0 Å². The van der Waals surface area contributed by atoms with Crippen molar-refractivity contribution in [2.24, 2.45) is 7.05 Å². The monoisotopic (exact) mass is 371 g/mol. The highest BCUT2D eigenvalue weighted by Crippen LogP contribution is 2.32. The quantitative estimate of drug-likeness (QED) is 0.512. The van der Waals surface area contributed by atoms with Gasteiger partial charge in [-0.3, -0.25) is 0 Å². The molecule has 0 radical (unpaired) electrons. The van der Waals surface area contributed by atoms with Crippen molar-refractivity contribution in [3.63, 3.8) is 0 Å². The highest BCUT2D eigenvalue weighted by molar-refractivity contribution is 5.83. The van der Waals surface area contributed by atoms with Crippen LogP contribution < -0.4 is 10.1 Å². The lowest BCUT2D eigenvalue weighted by Gasteiger charge is -2.16. The predicted octanol–water partition coefficient (Wildman–Crippen LogP) is 5.10. The summed E-state index contributed by atoms with van der Waals surface area (Å²) in [6, 6.07) is 21.4. The maximum Gasteiger partial charge on any atom is 0.139 e. The molecule has 0 bridgehead atoms. The summed E-state index contributed by atoms with van der Waals surface area (Å²) >= 11 is 0. The normalized spacial score (nSPS) is 12.2. The van der Waals surface area contributed by atoms with Crippen LogP contribution in [0, 0.1) is 0 Å². The molecule has 2 heterocycles. The van der Waals surface area contributed by atoms with Crippen LogP contribution in [0.1, 0.15) is 24.1 Å². The van der Waals surface area contributed by atoms with Gasteiger partial charge >= 0.3 is 0 Å². The number of aryl methyl sites for hydroxylation is 1. The van der Waals surface area contributed by atoms with Gasteiger partial charge in [-0.15, -0.1) is 0 Å². The number of methoxy groups -OCH3 is 1. The van der Waals surface area contributed by atoms with Crippen molar-refractivity contribution in [3.05, 3.63) is 84.2 Å². The minimum absolute atomic E-state index is 0.286. The van der Waals surface area contributed by atoms with Gasteiger partial charge < -0.3 is 14.6 Å². The molecule has 0 spiro atoms. The van der Waals surface area contributed by atoms with E-state index in [2.05, 4.69) is 65.8 Å². The predicted molar refractivity (Wildman–Crippen MR) is 114 cm³/mol. The third kappa shape index (κ3) is 3.64. The molecular formula is C24H25N3O. The van der Waals surface area contributed by atoms with Crippen molar-refractivity contribution < 1.29 is 4.74 Å². The fourth-order valence-corrected chi connectivity index (χ4v) is 3.52. The van der Waals surface area contributed by atoms with Gasteiger partial charge in [0, 0.05) is 48.5 Å². The first-order valence-electron chi connectivity index (χ1n) is 9.52. The highest BCUT2D eigenvalue weighted by Gasteiger charge is 2.11. The summed E-state index contributed by atoms with van der Waals surface area (Å²) in [7, 11) is 3.72. The van der Waals surface area contributed by atoms with Gasteiger partial charge in [0.2, 0.25) is 0 Å². The van der Waals surface area contributed by atoms with Crippen LogP contribution in [0.15, 0.2) is 73.1 Å². The molecule has 4 heteroatoms. The second-order valence-corrected chi connectivity index (χ2v) is 7.11. The van der Waals surface area contributed by atoms with E-state index >= 15 is 0 Å². The van der Waals surface area contributed by atoms with Crippen LogP contribution >= 0.6 is 0 Å². The Balaban J connectivity index is 1.60. The number of hydrogen-bond donors (Lipinski definition) is 1. The number of pyridine rings is 1. The molecular weight excluding hydrogens is 346 g/mol. The molecule has 4 rings (SSSR count). The zero-order chi connectivity index (χ0) is 19.5. The molecule has 142 valence electrons. The zero-order valence-electron chi connectivity index (χ0n) is 16.5. The first-order chi connectivity index (χ1) is 13.7. The van der Waals surface area contributed by atoms with Crippen LogP contribution in [0.5, 0.6) is 5.75 Å². The zero-order valence-corrected chi connectivity index (χ0v) is 16.5. The van der Waals surface area contributed by atoms with Gasteiger partial charge in [0.15, 0.2) is 0 Å². The molecule has 0 saturated carbocycles. The van der Waals surface area contributed by atoms with E-state index in [4.69, 9.17) is 4.74 Å². The molecule has 0 saturated heterocycles. The summed E-state index contributed by atoms with van der Waals surface area (Å²) in [5, 5.41) is 4.73. The number of rotatable bonds is 6. The first-order valence-corrected chi connectivity index (χ1v) is 9.52. The lowest BCUT2D eigenvalue weighted by atomic mass is 10.0. The minimum Gasteiger partial charge on any atom is -0.496 e. The van der Waals surface area contributed by atoms with Crippen LogP contribution in [-0.4, -0.2) is 16.7 Å². The fourth-order valence-electron chi connectivity index (χ4n) is 3.52. The van der Waals surface area contributed by atoms with Gasteiger partial charge in [-0.05, 0) is 42.3 Å². The van der Waals surface area contributed by atoms with E-state index in [0.29, 0.717) is 0 Å². The number of nitrogens with one attached hydrogen (secondary N) is 1. The average molecular weight is 371 g/mol. The second-order valence-electron chi connectivity index (χ2n) is 7.11. The van der Waals surface area contributed by atoms with E-state index in [-0.39, 0.29) is 6.04 Å². The maximum absolute atomic E-state index is 5.61. The van der Waals surface area contributed by atoms with Crippen molar-refractivity contribution in [1.29, 1.82) is 0 Å². The molecule has 2 aromatic heterocycles. The molecule has 1 atom stereocenters. The van der Waals surface area contributed by atoms with Crippen molar-refractivity contribution in [3.8, 4) is 16.9 Å². The number of fused-ring (bicyclic) bond motifs is 1. The smallest absolute Gasteiger partial charge is 0.139 e. The number of hydrogen-bond acceptors (Lipinski definition) is 3. The average Bonchev–Trinajstić information content (AvgIpc) is 3.12. The van der Waals surface area contributed by atoms with Crippen LogP contribution in [0.25, 0.3) is 22.2 Å². The molecule has 28 heavy (non-hydrogen) atoms. The third-order valence-corrected chi connectivity index (χ3v) is 5.19. The SMILES string of the molecule is COc1ccc(CNC(C)c2ccccc2)cc1-c1cnc2c(ccn2C)c1. The van der Waals surface area contributed by atoms with Crippen LogP contribution in [0.3, 0.4) is 0 Å². The second kappa shape index (κ2) is 7.87. The van der Waals surface area contributed by atoms with Crippen molar-refractivity contribution in [1.82, 2.24) is 14.9 Å². The number of benzene rings is 2. The Morgan fingerprint density at radius 3 is 2.68 bits per heavy atom. The summed E-state index contributed by atoms with van der Waals surface area (Å²) in [5.41, 5.74) is 5.61. The van der Waals surface area contributed by atoms with Gasteiger partial charge in [0.1, 0.15) is 11.4 Å². The molecule has 0 fully saturated rings. The van der Waals surface area contributed by atoms with Crippen molar-refractivity contribution in [2.45, 2.75) is 19.5 Å². The lowest BCUT2D eigenvalue weighted by molar-refractivity contribution is 0.416. The van der Waals surface area contributed by atoms with Crippen LogP contribution in [0.2, 0.25) is 0 Å². The summed E-state index contributed by atoms with van der Waals surface area (Å²) in [6.45, 7) is 2.97. The molecule has 0 aliphatic heterocycles. The molecule has 4 aromatic rings. The number of ether oxygens (including phenoxy) is 1. The maximum atomic E-state index is 5.61. The highest BCUT2D eigenvalue weighted by atomic mass is 16.5. The lowest BCUT2D eigenvalue weighted by Crippen LogP contribution is -2.18. The number of aromatic nitrogens is 2. The van der Waals surface area contributed by atoms with E-state index in [1.165, 1.54) is 11.1 Å². The van der Waals surface area contributed by atoms with Crippen molar-refractivity contribution in [2.75, 3.05) is 7.11 Å². The Morgan fingerprint density at radius 1 is 1.07 bits per heavy atom. The van der Waals surface area contributed by atoms with E-state index in [9.17, 15) is 0 Å². The van der Waals surface area contributed by atoms with E-state index in [1.807, 2.05) is 36.1 Å². The Morgan fingerprint density at radius 2 is 1.89 bits per heavy atom. The van der Waals surface area contributed by atoms with Gasteiger partial charge in [-0.2, -0.15) is 0 Å². The molecule has 1 N–H and O–H groups in total. The molecule has 0 aliphatic carbocycles. The Labute approximate surface area is 165 Å². The Kier molecular flexibility index (Phi) is 5.13. The molecule has 1 unspecified atom stereocenters. The first kappa shape index (κ1) is 18.3. The van der Waals surface area contributed by atoms with Crippen LogP contribution in [-0.2, 0) is 13.6 Å². The third-order valence-electron chi connectivity index (χ3n) is 5.19. The molecule has 2 aromatic carbocycles. The topological polar surface area (TPSA) is 39.1 Å². The van der Waals surface area contributed by atoms with Gasteiger partial charge in [0.25, 0.3) is 0 Å². The summed E-state index contributed by atoms with van der Waals surface area (Å²) in [6.07, 6.45) is 3.95. The largest absolute Gasteiger partial charge is 0.496 e. The van der Waals surface area contributed by atoms with E-state index < -0.39 is 0 Å². The van der Waals surface area contributed by atoms with E-state index in [0.717, 1.165) is 34.5 Å². The fraction of sp³-hybridized carbons (Fsp3) is 0.208. The Hall–Kier alpha value is -3.11. The summed E-state index contributed by atoms with van der Waals surface area (Å²) < 4.78 is 7.64. The van der Waals surface area contributed by atoms with Gasteiger partial charge in [0.05, 0.1) is 7.11 Å².